The first-order valence-corrected chi connectivity index (χ1v) is 10.1. The second-order valence-corrected chi connectivity index (χ2v) is 7.10. The van der Waals surface area contributed by atoms with Gasteiger partial charge in [0.05, 0.1) is 6.61 Å². The van der Waals surface area contributed by atoms with E-state index in [0.717, 1.165) is 16.5 Å². The molecule has 1 N–H and O–H groups in total. The molecule has 0 aliphatic carbocycles. The lowest BCUT2D eigenvalue weighted by molar-refractivity contribution is 0.168. The van der Waals surface area contributed by atoms with E-state index in [1.54, 1.807) is 25.1 Å². The Balaban J connectivity index is 1.53. The Kier molecular flexibility index (Phi) is 5.80. The lowest BCUT2D eigenvalue weighted by Gasteiger charge is -2.08. The molecule has 0 unspecified atom stereocenters. The van der Waals surface area contributed by atoms with E-state index in [4.69, 9.17) is 13.6 Å². The molecule has 0 fully saturated rings. The molecule has 8 nitrogen and oxygen atoms in total. The van der Waals surface area contributed by atoms with Crippen LogP contribution >= 0.6 is 11.8 Å². The molecule has 152 valence electrons. The number of carbonyl (C=O) groups is 1. The highest BCUT2D eigenvalue weighted by atomic mass is 32.2. The minimum atomic E-state index is -0.573. The van der Waals surface area contributed by atoms with Gasteiger partial charge in [-0.15, -0.1) is 10.2 Å². The van der Waals surface area contributed by atoms with Crippen molar-refractivity contribution in [1.29, 1.82) is 0 Å². The Bertz CT molecular complexity index is 1240. The summed E-state index contributed by atoms with van der Waals surface area (Å²) in [5.74, 6) is 0.869. The minimum Gasteiger partial charge on any atom is -0.450 e. The number of hydrogen-bond acceptors (Lipinski definition) is 8. The third-order valence-electron chi connectivity index (χ3n) is 4.13. The lowest BCUT2D eigenvalue weighted by atomic mass is 10.1. The lowest BCUT2D eigenvalue weighted by Crippen LogP contribution is -2.13. The molecule has 2 aromatic carbocycles. The SMILES string of the molecule is CCOC(=O)Nc1ccc2c(CSc3nnc(-c4ccccc4)o3)cc(=O)oc2c1. The van der Waals surface area contributed by atoms with E-state index >= 15 is 0 Å². The molecule has 0 aliphatic rings. The zero-order chi connectivity index (χ0) is 20.9. The van der Waals surface area contributed by atoms with Gasteiger partial charge in [-0.2, -0.15) is 0 Å². The second kappa shape index (κ2) is 8.83. The van der Waals surface area contributed by atoms with Gasteiger partial charge in [0.25, 0.3) is 5.22 Å². The van der Waals surface area contributed by atoms with Gasteiger partial charge in [0, 0.05) is 34.5 Å². The predicted octanol–water partition coefficient (Wildman–Crippen LogP) is 4.70. The van der Waals surface area contributed by atoms with Crippen LogP contribution in [0.25, 0.3) is 22.4 Å². The average molecular weight is 423 g/mol. The van der Waals surface area contributed by atoms with Gasteiger partial charge >= 0.3 is 11.7 Å². The van der Waals surface area contributed by atoms with Gasteiger partial charge in [0.1, 0.15) is 5.58 Å². The first-order chi connectivity index (χ1) is 14.6. The van der Waals surface area contributed by atoms with Crippen LogP contribution in [0.15, 0.2) is 73.4 Å². The fraction of sp³-hybridized carbons (Fsp3) is 0.143. The Morgan fingerprint density at radius 3 is 2.73 bits per heavy atom. The zero-order valence-electron chi connectivity index (χ0n) is 16.0. The molecule has 0 atom stereocenters. The van der Waals surface area contributed by atoms with Gasteiger partial charge in [-0.3, -0.25) is 5.32 Å². The molecule has 0 saturated heterocycles. The number of benzene rings is 2. The van der Waals surface area contributed by atoms with E-state index in [1.165, 1.54) is 17.8 Å². The van der Waals surface area contributed by atoms with Crippen LogP contribution in [0.2, 0.25) is 0 Å². The number of hydrogen-bond donors (Lipinski definition) is 1. The zero-order valence-corrected chi connectivity index (χ0v) is 16.8. The third-order valence-corrected chi connectivity index (χ3v) is 5.00. The smallest absolute Gasteiger partial charge is 0.411 e. The molecule has 0 saturated carbocycles. The fourth-order valence-corrected chi connectivity index (χ4v) is 3.57. The molecule has 9 heteroatoms. The quantitative estimate of drug-likeness (QED) is 0.351. The van der Waals surface area contributed by atoms with Crippen LogP contribution in [-0.4, -0.2) is 22.9 Å². The summed E-state index contributed by atoms with van der Waals surface area (Å²) in [5, 5.41) is 11.9. The van der Waals surface area contributed by atoms with Crippen molar-refractivity contribution >= 4 is 34.5 Å². The van der Waals surface area contributed by atoms with Crippen molar-refractivity contribution in [3.63, 3.8) is 0 Å². The van der Waals surface area contributed by atoms with E-state index in [-0.39, 0.29) is 6.61 Å². The number of fused-ring (bicyclic) bond motifs is 1. The standard InChI is InChI=1S/C21H17N3O5S/c1-2-27-20(26)22-15-8-9-16-14(10-18(25)28-17(16)11-15)12-30-21-24-23-19(29-21)13-6-4-3-5-7-13/h3-11H,2,12H2,1H3,(H,22,26). The van der Waals surface area contributed by atoms with E-state index < -0.39 is 11.7 Å². The van der Waals surface area contributed by atoms with Crippen molar-refractivity contribution in [1.82, 2.24) is 10.2 Å². The highest BCUT2D eigenvalue weighted by Crippen LogP contribution is 2.29. The van der Waals surface area contributed by atoms with E-state index in [0.29, 0.717) is 28.1 Å². The summed E-state index contributed by atoms with van der Waals surface area (Å²) in [6.07, 6.45) is -0.573. The van der Waals surface area contributed by atoms with Crippen LogP contribution in [0.5, 0.6) is 0 Å². The first-order valence-electron chi connectivity index (χ1n) is 9.14. The van der Waals surface area contributed by atoms with Crippen molar-refractivity contribution < 1.29 is 18.4 Å². The largest absolute Gasteiger partial charge is 0.450 e. The average Bonchev–Trinajstić information content (AvgIpc) is 3.21. The summed E-state index contributed by atoms with van der Waals surface area (Å²) in [6.45, 7) is 1.98. The van der Waals surface area contributed by atoms with Crippen molar-refractivity contribution in [2.75, 3.05) is 11.9 Å². The number of amides is 1. The number of thioether (sulfide) groups is 1. The maximum atomic E-state index is 12.0. The van der Waals surface area contributed by atoms with E-state index in [1.807, 2.05) is 30.3 Å². The summed E-state index contributed by atoms with van der Waals surface area (Å²) in [4.78, 5) is 23.6. The van der Waals surface area contributed by atoms with Crippen LogP contribution in [-0.2, 0) is 10.5 Å². The number of nitrogens with zero attached hydrogens (tertiary/aromatic N) is 2. The van der Waals surface area contributed by atoms with Crippen molar-refractivity contribution in [3.05, 3.63) is 70.6 Å². The monoisotopic (exact) mass is 423 g/mol. The Hall–Kier alpha value is -3.59. The minimum absolute atomic E-state index is 0.261. The van der Waals surface area contributed by atoms with Gasteiger partial charge in [-0.05, 0) is 36.8 Å². The molecule has 4 rings (SSSR count). The normalized spacial score (nSPS) is 10.8. The van der Waals surface area contributed by atoms with Gasteiger partial charge in [0.2, 0.25) is 5.89 Å². The molecule has 0 aliphatic heterocycles. The van der Waals surface area contributed by atoms with Crippen molar-refractivity contribution in [2.24, 2.45) is 0 Å². The number of carbonyl (C=O) groups excluding carboxylic acids is 1. The van der Waals surface area contributed by atoms with Crippen LogP contribution in [0, 0.1) is 0 Å². The topological polar surface area (TPSA) is 107 Å². The molecular weight excluding hydrogens is 406 g/mol. The number of aromatic nitrogens is 2. The van der Waals surface area contributed by atoms with Crippen LogP contribution < -0.4 is 10.9 Å². The number of rotatable bonds is 6. The van der Waals surface area contributed by atoms with Gasteiger partial charge in [0.15, 0.2) is 0 Å². The molecule has 0 bridgehead atoms. The number of nitrogens with one attached hydrogen (secondary N) is 1. The Morgan fingerprint density at radius 1 is 1.10 bits per heavy atom. The number of ether oxygens (including phenoxy) is 1. The van der Waals surface area contributed by atoms with Gasteiger partial charge in [-0.1, -0.05) is 30.0 Å². The van der Waals surface area contributed by atoms with Crippen LogP contribution in [0.4, 0.5) is 10.5 Å². The van der Waals surface area contributed by atoms with Crippen molar-refractivity contribution in [3.8, 4) is 11.5 Å². The number of anilines is 1. The van der Waals surface area contributed by atoms with Gasteiger partial charge in [-0.25, -0.2) is 9.59 Å². The summed E-state index contributed by atoms with van der Waals surface area (Å²) >= 11 is 1.32. The molecule has 1 amide bonds. The maximum absolute atomic E-state index is 12.0. The molecule has 2 aromatic heterocycles. The third kappa shape index (κ3) is 4.52. The molecule has 0 spiro atoms. The molecule has 2 heterocycles. The fourth-order valence-electron chi connectivity index (χ4n) is 2.82. The molecule has 30 heavy (non-hydrogen) atoms. The second-order valence-electron chi connectivity index (χ2n) is 6.17. The van der Waals surface area contributed by atoms with Crippen molar-refractivity contribution in [2.45, 2.75) is 17.9 Å². The van der Waals surface area contributed by atoms with Gasteiger partial charge < -0.3 is 13.6 Å². The summed E-state index contributed by atoms with van der Waals surface area (Å²) in [5.41, 5.74) is 1.95. The maximum Gasteiger partial charge on any atom is 0.411 e. The Labute approximate surface area is 175 Å². The highest BCUT2D eigenvalue weighted by molar-refractivity contribution is 7.98. The Morgan fingerprint density at radius 2 is 1.93 bits per heavy atom. The summed E-state index contributed by atoms with van der Waals surface area (Å²) < 4.78 is 15.8. The molecular formula is C21H17N3O5S. The summed E-state index contributed by atoms with van der Waals surface area (Å²) in [6, 6.07) is 16.0. The highest BCUT2D eigenvalue weighted by Gasteiger charge is 2.12. The van der Waals surface area contributed by atoms with E-state index in [2.05, 4.69) is 15.5 Å². The first kappa shape index (κ1) is 19.7. The van der Waals surface area contributed by atoms with Crippen LogP contribution in [0.3, 0.4) is 0 Å². The van der Waals surface area contributed by atoms with E-state index in [9.17, 15) is 9.59 Å². The van der Waals surface area contributed by atoms with Crippen LogP contribution in [0.1, 0.15) is 12.5 Å². The summed E-state index contributed by atoms with van der Waals surface area (Å²) in [7, 11) is 0. The molecule has 4 aromatic rings. The molecule has 0 radical (unpaired) electrons. The predicted molar refractivity (Wildman–Crippen MR) is 112 cm³/mol.